The van der Waals surface area contributed by atoms with Crippen molar-refractivity contribution < 1.29 is 14.1 Å². The monoisotopic (exact) mass is 320 g/mol. The molecule has 1 aliphatic rings. The van der Waals surface area contributed by atoms with Crippen LogP contribution in [-0.2, 0) is 11.3 Å². The van der Waals surface area contributed by atoms with E-state index in [-0.39, 0.29) is 5.91 Å². The van der Waals surface area contributed by atoms with Gasteiger partial charge in [-0.15, -0.1) is 0 Å². The van der Waals surface area contributed by atoms with E-state index in [0.717, 1.165) is 23.3 Å². The molecule has 1 aromatic heterocycles. The minimum atomic E-state index is 0.0875. The van der Waals surface area contributed by atoms with Gasteiger partial charge in [-0.25, -0.2) is 4.98 Å². The normalized spacial score (nSPS) is 15.5. The zero-order valence-electron chi connectivity index (χ0n) is 12.4. The van der Waals surface area contributed by atoms with Crippen LogP contribution < -0.4 is 10.2 Å². The van der Waals surface area contributed by atoms with Crippen LogP contribution >= 0.6 is 11.6 Å². The Labute approximate surface area is 134 Å². The molecule has 2 N–H and O–H groups in total. The van der Waals surface area contributed by atoms with Crippen LogP contribution in [0, 0.1) is 0 Å². The molecule has 5 nitrogen and oxygen atoms in total. The first-order valence-electron chi connectivity index (χ1n) is 7.41. The van der Waals surface area contributed by atoms with Gasteiger partial charge >= 0.3 is 0 Å². The third-order valence-electron chi connectivity index (χ3n) is 3.54. The van der Waals surface area contributed by atoms with Crippen LogP contribution in [0.2, 0.25) is 5.02 Å². The van der Waals surface area contributed by atoms with Crippen molar-refractivity contribution in [3.8, 4) is 11.3 Å². The standard InChI is InChI=1S/C16H18ClN3O2/c1-20(9-15(21)19-13-6-7-13)10-16-18-8-14(22-16)11-2-4-12(17)5-3-11/h2-5,8,13H,6-7,9-10H2,1H3,(H,19,21)/p+1. The summed E-state index contributed by atoms with van der Waals surface area (Å²) in [5.74, 6) is 1.42. The van der Waals surface area contributed by atoms with Crippen LogP contribution in [0.1, 0.15) is 18.7 Å². The van der Waals surface area contributed by atoms with Gasteiger partial charge in [0.25, 0.3) is 11.8 Å². The Hall–Kier alpha value is -1.85. The second kappa shape index (κ2) is 6.50. The first kappa shape index (κ1) is 15.1. The molecule has 1 aliphatic carbocycles. The van der Waals surface area contributed by atoms with Gasteiger partial charge in [-0.1, -0.05) is 11.6 Å². The zero-order chi connectivity index (χ0) is 15.5. The minimum absolute atomic E-state index is 0.0875. The van der Waals surface area contributed by atoms with E-state index in [4.69, 9.17) is 16.0 Å². The Kier molecular flexibility index (Phi) is 4.45. The van der Waals surface area contributed by atoms with E-state index in [0.29, 0.717) is 35.8 Å². The molecule has 0 bridgehead atoms. The lowest BCUT2D eigenvalue weighted by Gasteiger charge is -2.11. The summed E-state index contributed by atoms with van der Waals surface area (Å²) < 4.78 is 5.75. The number of rotatable bonds is 6. The summed E-state index contributed by atoms with van der Waals surface area (Å²) in [6.07, 6.45) is 3.92. The fourth-order valence-electron chi connectivity index (χ4n) is 2.24. The molecule has 6 heteroatoms. The molecule has 1 heterocycles. The maximum atomic E-state index is 11.8. The first-order valence-corrected chi connectivity index (χ1v) is 7.79. The number of carbonyl (C=O) groups is 1. The summed E-state index contributed by atoms with van der Waals surface area (Å²) >= 11 is 5.87. The SMILES string of the molecule is C[NH+](CC(=O)NC1CC1)Cc1ncc(-c2ccc(Cl)cc2)o1. The predicted molar refractivity (Wildman–Crippen MR) is 83.6 cm³/mol. The number of quaternary nitrogens is 1. The molecule has 0 saturated heterocycles. The van der Waals surface area contributed by atoms with Crippen molar-refractivity contribution in [1.29, 1.82) is 0 Å². The lowest BCUT2D eigenvalue weighted by molar-refractivity contribution is -0.886. The van der Waals surface area contributed by atoms with Crippen molar-refractivity contribution in [1.82, 2.24) is 10.3 Å². The number of aromatic nitrogens is 1. The molecule has 1 fully saturated rings. The summed E-state index contributed by atoms with van der Waals surface area (Å²) in [5.41, 5.74) is 0.937. The third-order valence-corrected chi connectivity index (χ3v) is 3.79. The fraction of sp³-hybridized carbons (Fsp3) is 0.375. The number of hydrogen-bond donors (Lipinski definition) is 2. The molecule has 1 unspecified atom stereocenters. The molecule has 0 radical (unpaired) electrons. The van der Waals surface area contributed by atoms with E-state index < -0.39 is 0 Å². The van der Waals surface area contributed by atoms with Gasteiger partial charge in [0.1, 0.15) is 0 Å². The number of oxazole rings is 1. The molecule has 3 rings (SSSR count). The van der Waals surface area contributed by atoms with Crippen molar-refractivity contribution in [2.45, 2.75) is 25.4 Å². The van der Waals surface area contributed by atoms with Crippen LogP contribution in [0.15, 0.2) is 34.9 Å². The van der Waals surface area contributed by atoms with Gasteiger partial charge in [0.15, 0.2) is 18.8 Å². The highest BCUT2D eigenvalue weighted by Gasteiger charge is 2.24. The molecular formula is C16H19ClN3O2+. The molecule has 1 amide bonds. The number of likely N-dealkylation sites (N-methyl/N-ethyl adjacent to an activating group) is 1. The quantitative estimate of drug-likeness (QED) is 0.843. The van der Waals surface area contributed by atoms with E-state index >= 15 is 0 Å². The third kappa shape index (κ3) is 4.08. The Balaban J connectivity index is 1.56. The fourth-order valence-corrected chi connectivity index (χ4v) is 2.37. The summed E-state index contributed by atoms with van der Waals surface area (Å²) in [6.45, 7) is 1.00. The maximum Gasteiger partial charge on any atom is 0.275 e. The number of hydrogen-bond acceptors (Lipinski definition) is 3. The Bertz CT molecular complexity index is 650. The summed E-state index contributed by atoms with van der Waals surface area (Å²) in [6, 6.07) is 7.83. The summed E-state index contributed by atoms with van der Waals surface area (Å²) in [5, 5.41) is 3.67. The molecule has 0 spiro atoms. The average molecular weight is 321 g/mol. The van der Waals surface area contributed by atoms with Gasteiger partial charge in [0.2, 0.25) is 0 Å². The van der Waals surface area contributed by atoms with Gasteiger partial charge in [0.05, 0.1) is 13.2 Å². The number of carbonyl (C=O) groups excluding carboxylic acids is 1. The van der Waals surface area contributed by atoms with Crippen LogP contribution in [0.25, 0.3) is 11.3 Å². The molecule has 2 aromatic rings. The predicted octanol–water partition coefficient (Wildman–Crippen LogP) is 1.29. The van der Waals surface area contributed by atoms with Gasteiger partial charge < -0.3 is 14.6 Å². The van der Waals surface area contributed by atoms with Crippen LogP contribution in [0.3, 0.4) is 0 Å². The highest BCUT2D eigenvalue weighted by molar-refractivity contribution is 6.30. The van der Waals surface area contributed by atoms with Crippen LogP contribution in [0.4, 0.5) is 0 Å². The van der Waals surface area contributed by atoms with Crippen molar-refractivity contribution in [2.75, 3.05) is 13.6 Å². The number of halogens is 1. The summed E-state index contributed by atoms with van der Waals surface area (Å²) in [7, 11) is 1.96. The zero-order valence-corrected chi connectivity index (χ0v) is 13.2. The van der Waals surface area contributed by atoms with E-state index in [9.17, 15) is 4.79 Å². The molecule has 22 heavy (non-hydrogen) atoms. The van der Waals surface area contributed by atoms with Gasteiger partial charge in [-0.05, 0) is 37.1 Å². The number of benzene rings is 1. The number of nitrogens with one attached hydrogen (secondary N) is 2. The molecular weight excluding hydrogens is 302 g/mol. The van der Waals surface area contributed by atoms with Gasteiger partial charge in [-0.3, -0.25) is 4.79 Å². The summed E-state index contributed by atoms with van der Waals surface area (Å²) in [4.78, 5) is 17.1. The topological polar surface area (TPSA) is 59.6 Å². The molecule has 1 atom stereocenters. The highest BCUT2D eigenvalue weighted by Crippen LogP contribution is 2.22. The maximum absolute atomic E-state index is 11.8. The second-order valence-corrected chi connectivity index (χ2v) is 6.21. The molecule has 1 saturated carbocycles. The number of amides is 1. The number of nitrogens with zero attached hydrogens (tertiary/aromatic N) is 1. The Morgan fingerprint density at radius 2 is 2.14 bits per heavy atom. The van der Waals surface area contributed by atoms with E-state index in [1.807, 2.05) is 31.3 Å². The van der Waals surface area contributed by atoms with Crippen LogP contribution in [0.5, 0.6) is 0 Å². The average Bonchev–Trinajstić information content (AvgIpc) is 3.16. The molecule has 116 valence electrons. The highest BCUT2D eigenvalue weighted by atomic mass is 35.5. The Morgan fingerprint density at radius 3 is 2.82 bits per heavy atom. The van der Waals surface area contributed by atoms with Crippen molar-refractivity contribution in [2.24, 2.45) is 0 Å². The lowest BCUT2D eigenvalue weighted by atomic mass is 10.2. The van der Waals surface area contributed by atoms with E-state index in [1.165, 1.54) is 0 Å². The van der Waals surface area contributed by atoms with Crippen molar-refractivity contribution in [3.63, 3.8) is 0 Å². The smallest absolute Gasteiger partial charge is 0.275 e. The molecule has 1 aromatic carbocycles. The van der Waals surface area contributed by atoms with E-state index in [2.05, 4.69) is 10.3 Å². The van der Waals surface area contributed by atoms with Gasteiger partial charge in [0, 0.05) is 16.6 Å². The van der Waals surface area contributed by atoms with Crippen molar-refractivity contribution in [3.05, 3.63) is 41.4 Å². The second-order valence-electron chi connectivity index (χ2n) is 5.78. The largest absolute Gasteiger partial charge is 0.435 e. The first-order chi connectivity index (χ1) is 10.6. The minimum Gasteiger partial charge on any atom is -0.435 e. The van der Waals surface area contributed by atoms with E-state index in [1.54, 1.807) is 6.20 Å². The van der Waals surface area contributed by atoms with Crippen LogP contribution in [-0.4, -0.2) is 30.5 Å². The molecule has 0 aliphatic heterocycles. The Morgan fingerprint density at radius 1 is 1.41 bits per heavy atom. The van der Waals surface area contributed by atoms with Crippen molar-refractivity contribution >= 4 is 17.5 Å². The van der Waals surface area contributed by atoms with Gasteiger partial charge in [-0.2, -0.15) is 0 Å². The lowest BCUT2D eigenvalue weighted by Crippen LogP contribution is -3.09.